The topological polar surface area (TPSA) is 24.9 Å². The van der Waals surface area contributed by atoms with Gasteiger partial charge in [0, 0.05) is 22.3 Å². The summed E-state index contributed by atoms with van der Waals surface area (Å²) in [6.07, 6.45) is 2.95. The van der Waals surface area contributed by atoms with Crippen molar-refractivity contribution >= 4 is 27.2 Å². The molecule has 1 unspecified atom stereocenters. The van der Waals surface area contributed by atoms with Crippen LogP contribution < -0.4 is 5.32 Å². The van der Waals surface area contributed by atoms with Crippen LogP contribution in [0.5, 0.6) is 0 Å². The van der Waals surface area contributed by atoms with Gasteiger partial charge in [0.05, 0.1) is 0 Å². The Hall–Kier alpha value is -1.87. The summed E-state index contributed by atoms with van der Waals surface area (Å²) >= 11 is 1.75. The first-order chi connectivity index (χ1) is 9.78. The molecule has 2 heterocycles. The number of anilines is 1. The quantitative estimate of drug-likeness (QED) is 0.725. The lowest BCUT2D eigenvalue weighted by atomic mass is 10.0. The number of hydrogen-bond donors (Lipinski definition) is 1. The van der Waals surface area contributed by atoms with Crippen LogP contribution in [0.15, 0.2) is 48.0 Å². The van der Waals surface area contributed by atoms with E-state index in [1.54, 1.807) is 11.3 Å². The molecule has 0 aliphatic rings. The Balaban J connectivity index is 1.84. The predicted octanol–water partition coefficient (Wildman–Crippen LogP) is 5.03. The number of rotatable bonds is 4. The maximum Gasteiger partial charge on any atom is 0.135 e. The molecule has 102 valence electrons. The van der Waals surface area contributed by atoms with Crippen molar-refractivity contribution in [1.82, 2.24) is 4.98 Å². The largest absolute Gasteiger partial charge is 0.363 e. The Bertz CT molecular complexity index is 700. The first-order valence-corrected chi connectivity index (χ1v) is 7.83. The Morgan fingerprint density at radius 1 is 1.15 bits per heavy atom. The number of aryl methyl sites for hydroxylation is 1. The van der Waals surface area contributed by atoms with Crippen LogP contribution in [0.3, 0.4) is 0 Å². The number of aromatic nitrogens is 1. The van der Waals surface area contributed by atoms with Gasteiger partial charge >= 0.3 is 0 Å². The van der Waals surface area contributed by atoms with E-state index in [9.17, 15) is 0 Å². The van der Waals surface area contributed by atoms with Crippen molar-refractivity contribution in [2.45, 2.75) is 26.3 Å². The van der Waals surface area contributed by atoms with Crippen molar-refractivity contribution in [3.63, 3.8) is 0 Å². The number of benzene rings is 1. The molecule has 20 heavy (non-hydrogen) atoms. The van der Waals surface area contributed by atoms with Crippen LogP contribution in [0.2, 0.25) is 0 Å². The maximum absolute atomic E-state index is 4.47. The Kier molecular flexibility index (Phi) is 3.70. The molecule has 1 N–H and O–H groups in total. The molecule has 2 aromatic heterocycles. The first-order valence-electron chi connectivity index (χ1n) is 6.95. The monoisotopic (exact) mass is 282 g/mol. The second-order valence-electron chi connectivity index (χ2n) is 4.95. The number of hydrogen-bond acceptors (Lipinski definition) is 3. The molecule has 0 spiro atoms. The van der Waals surface area contributed by atoms with Gasteiger partial charge in [0.1, 0.15) is 5.82 Å². The van der Waals surface area contributed by atoms with Crippen LogP contribution in [0.25, 0.3) is 10.1 Å². The third-order valence-electron chi connectivity index (χ3n) is 3.62. The highest BCUT2D eigenvalue weighted by Gasteiger charge is 2.09. The molecule has 3 rings (SSSR count). The summed E-state index contributed by atoms with van der Waals surface area (Å²) in [6, 6.07) is 13.2. The summed E-state index contributed by atoms with van der Waals surface area (Å²) in [5.74, 6) is 0.968. The molecule has 0 aliphatic heterocycles. The second kappa shape index (κ2) is 5.63. The van der Waals surface area contributed by atoms with Gasteiger partial charge in [-0.15, -0.1) is 11.3 Å². The van der Waals surface area contributed by atoms with Gasteiger partial charge in [0.15, 0.2) is 0 Å². The zero-order chi connectivity index (χ0) is 13.9. The smallest absolute Gasteiger partial charge is 0.135 e. The molecule has 0 bridgehead atoms. The lowest BCUT2D eigenvalue weighted by molar-refractivity contribution is 0.876. The van der Waals surface area contributed by atoms with Gasteiger partial charge in [-0.05, 0) is 42.0 Å². The number of nitrogens with one attached hydrogen (secondary N) is 1. The van der Waals surface area contributed by atoms with Crippen LogP contribution in [0, 0.1) is 0 Å². The lowest BCUT2D eigenvalue weighted by Crippen LogP contribution is -2.08. The summed E-state index contributed by atoms with van der Waals surface area (Å²) < 4.78 is 1.27. The summed E-state index contributed by atoms with van der Waals surface area (Å²) in [7, 11) is 0. The van der Waals surface area contributed by atoms with Crippen molar-refractivity contribution in [2.75, 3.05) is 5.32 Å². The first kappa shape index (κ1) is 13.1. The average Bonchev–Trinajstić information content (AvgIpc) is 2.97. The maximum atomic E-state index is 4.47. The third kappa shape index (κ3) is 2.54. The molecule has 0 amide bonds. The number of fused-ring (bicyclic) bond motifs is 1. The highest BCUT2D eigenvalue weighted by Crippen LogP contribution is 2.28. The minimum atomic E-state index is 0.249. The standard InChI is InChI=1S/C17H18N2S/c1-3-13-4-6-14(7-5-13)12(2)19-17-15-9-11-20-16(15)8-10-18-17/h4-12H,3H2,1-2H3,(H,18,19). The lowest BCUT2D eigenvalue weighted by Gasteiger charge is -2.16. The van der Waals surface area contributed by atoms with E-state index in [2.05, 4.69) is 65.9 Å². The van der Waals surface area contributed by atoms with E-state index in [0.717, 1.165) is 12.2 Å². The fourth-order valence-corrected chi connectivity index (χ4v) is 3.12. The molecule has 1 atom stereocenters. The fraction of sp³-hybridized carbons (Fsp3) is 0.235. The summed E-state index contributed by atoms with van der Waals surface area (Å²) in [5, 5.41) is 6.83. The fourth-order valence-electron chi connectivity index (χ4n) is 2.34. The van der Waals surface area contributed by atoms with Gasteiger partial charge in [-0.3, -0.25) is 0 Å². The number of nitrogens with zero attached hydrogens (tertiary/aromatic N) is 1. The molecular formula is C17H18N2S. The van der Waals surface area contributed by atoms with E-state index in [1.807, 2.05) is 6.20 Å². The zero-order valence-electron chi connectivity index (χ0n) is 11.8. The van der Waals surface area contributed by atoms with Crippen LogP contribution >= 0.6 is 11.3 Å². The van der Waals surface area contributed by atoms with Gasteiger partial charge in [-0.1, -0.05) is 31.2 Å². The minimum absolute atomic E-state index is 0.249. The van der Waals surface area contributed by atoms with E-state index in [0.29, 0.717) is 0 Å². The second-order valence-corrected chi connectivity index (χ2v) is 5.90. The van der Waals surface area contributed by atoms with Crippen molar-refractivity contribution in [1.29, 1.82) is 0 Å². The molecule has 2 nitrogen and oxygen atoms in total. The average molecular weight is 282 g/mol. The normalized spacial score (nSPS) is 12.5. The molecule has 3 aromatic rings. The van der Waals surface area contributed by atoms with Crippen molar-refractivity contribution in [3.05, 3.63) is 59.1 Å². The van der Waals surface area contributed by atoms with Crippen molar-refractivity contribution < 1.29 is 0 Å². The highest BCUT2D eigenvalue weighted by molar-refractivity contribution is 7.17. The summed E-state index contributed by atoms with van der Waals surface area (Å²) in [4.78, 5) is 4.47. The van der Waals surface area contributed by atoms with Crippen molar-refractivity contribution in [3.8, 4) is 0 Å². The Labute approximate surface area is 123 Å². The minimum Gasteiger partial charge on any atom is -0.363 e. The molecular weight excluding hydrogens is 264 g/mol. The molecule has 0 saturated heterocycles. The van der Waals surface area contributed by atoms with E-state index >= 15 is 0 Å². The number of thiophene rings is 1. The summed E-state index contributed by atoms with van der Waals surface area (Å²) in [5.41, 5.74) is 2.66. The molecule has 0 aliphatic carbocycles. The van der Waals surface area contributed by atoms with Gasteiger partial charge in [0.2, 0.25) is 0 Å². The Morgan fingerprint density at radius 3 is 2.70 bits per heavy atom. The van der Waals surface area contributed by atoms with E-state index in [1.165, 1.54) is 21.2 Å². The molecule has 0 radical (unpaired) electrons. The van der Waals surface area contributed by atoms with Crippen LogP contribution in [-0.2, 0) is 6.42 Å². The third-order valence-corrected chi connectivity index (χ3v) is 4.50. The molecule has 0 saturated carbocycles. The molecule has 3 heteroatoms. The Morgan fingerprint density at radius 2 is 1.95 bits per heavy atom. The zero-order valence-corrected chi connectivity index (χ0v) is 12.6. The van der Waals surface area contributed by atoms with Crippen LogP contribution in [-0.4, -0.2) is 4.98 Å². The molecule has 1 aromatic carbocycles. The van der Waals surface area contributed by atoms with Crippen molar-refractivity contribution in [2.24, 2.45) is 0 Å². The number of pyridine rings is 1. The van der Waals surface area contributed by atoms with E-state index in [-0.39, 0.29) is 6.04 Å². The summed E-state index contributed by atoms with van der Waals surface area (Å²) in [6.45, 7) is 4.35. The van der Waals surface area contributed by atoms with Crippen LogP contribution in [0.4, 0.5) is 5.82 Å². The predicted molar refractivity (Wildman–Crippen MR) is 87.5 cm³/mol. The SMILES string of the molecule is CCc1ccc(C(C)Nc2nccc3sccc23)cc1. The van der Waals surface area contributed by atoms with Gasteiger partial charge in [-0.2, -0.15) is 0 Å². The van der Waals surface area contributed by atoms with Crippen LogP contribution in [0.1, 0.15) is 31.0 Å². The van der Waals surface area contributed by atoms with Gasteiger partial charge < -0.3 is 5.32 Å². The van der Waals surface area contributed by atoms with Gasteiger partial charge in [-0.25, -0.2) is 4.98 Å². The van der Waals surface area contributed by atoms with E-state index in [4.69, 9.17) is 0 Å². The highest BCUT2D eigenvalue weighted by atomic mass is 32.1. The van der Waals surface area contributed by atoms with Gasteiger partial charge in [0.25, 0.3) is 0 Å². The molecule has 0 fully saturated rings. The van der Waals surface area contributed by atoms with E-state index < -0.39 is 0 Å².